The number of amides is 2. The Morgan fingerprint density at radius 2 is 1.92 bits per heavy atom. The van der Waals surface area contributed by atoms with E-state index in [1.54, 1.807) is 0 Å². The molecule has 0 aliphatic heterocycles. The van der Waals surface area contributed by atoms with Gasteiger partial charge in [-0.05, 0) is 24.1 Å². The van der Waals surface area contributed by atoms with E-state index in [4.69, 9.17) is 11.6 Å². The van der Waals surface area contributed by atoms with Crippen LogP contribution < -0.4 is 10.2 Å². The van der Waals surface area contributed by atoms with E-state index in [0.717, 1.165) is 23.1 Å². The maximum Gasteiger partial charge on any atom is 0.416 e. The molecule has 1 N–H and O–H groups in total. The quantitative estimate of drug-likeness (QED) is 0.833. The van der Waals surface area contributed by atoms with Crippen molar-refractivity contribution < 1.29 is 22.8 Å². The summed E-state index contributed by atoms with van der Waals surface area (Å²) in [7, 11) is 0. The summed E-state index contributed by atoms with van der Waals surface area (Å²) in [5.41, 5.74) is -0.965. The number of alkyl halides is 3. The molecule has 0 aliphatic carbocycles. The summed E-state index contributed by atoms with van der Waals surface area (Å²) >= 11 is 5.94. The zero-order valence-corrected chi connectivity index (χ0v) is 14.5. The van der Waals surface area contributed by atoms with Gasteiger partial charge in [-0.15, -0.1) is 0 Å². The largest absolute Gasteiger partial charge is 0.416 e. The van der Waals surface area contributed by atoms with Gasteiger partial charge in [0.15, 0.2) is 0 Å². The van der Waals surface area contributed by atoms with Crippen LogP contribution in [0.1, 0.15) is 32.8 Å². The van der Waals surface area contributed by atoms with E-state index in [0.29, 0.717) is 6.54 Å². The second-order valence-corrected chi connectivity index (χ2v) is 6.19. The van der Waals surface area contributed by atoms with Gasteiger partial charge in [0.2, 0.25) is 11.8 Å². The number of nitrogens with one attached hydrogen (secondary N) is 1. The molecule has 134 valence electrons. The summed E-state index contributed by atoms with van der Waals surface area (Å²) in [6.45, 7) is 5.52. The number of carbonyl (C=O) groups is 2. The highest BCUT2D eigenvalue weighted by molar-refractivity contribution is 6.33. The van der Waals surface area contributed by atoms with Crippen molar-refractivity contribution in [2.75, 3.05) is 18.0 Å². The molecule has 2 amide bonds. The van der Waals surface area contributed by atoms with Crippen molar-refractivity contribution in [2.45, 2.75) is 33.4 Å². The number of rotatable bonds is 6. The van der Waals surface area contributed by atoms with Gasteiger partial charge < -0.3 is 10.2 Å². The molecule has 24 heavy (non-hydrogen) atoms. The highest BCUT2D eigenvalue weighted by Crippen LogP contribution is 2.35. The lowest BCUT2D eigenvalue weighted by molar-refractivity contribution is -0.137. The SMILES string of the molecule is CC(=O)N(CCC(=O)NCC(C)C)c1cc(C(F)(F)F)ccc1Cl. The third kappa shape index (κ3) is 6.03. The monoisotopic (exact) mass is 364 g/mol. The molecule has 0 aromatic heterocycles. The van der Waals surface area contributed by atoms with Gasteiger partial charge in [-0.1, -0.05) is 25.4 Å². The Bertz CT molecular complexity index is 603. The number of hydrogen-bond donors (Lipinski definition) is 1. The van der Waals surface area contributed by atoms with E-state index in [-0.39, 0.29) is 35.5 Å². The van der Waals surface area contributed by atoms with Crippen LogP contribution >= 0.6 is 11.6 Å². The molecule has 0 fully saturated rings. The van der Waals surface area contributed by atoms with Gasteiger partial charge in [0, 0.05) is 26.4 Å². The molecule has 0 bridgehead atoms. The van der Waals surface area contributed by atoms with Gasteiger partial charge >= 0.3 is 6.18 Å². The van der Waals surface area contributed by atoms with Crippen molar-refractivity contribution in [1.29, 1.82) is 0 Å². The van der Waals surface area contributed by atoms with Crippen molar-refractivity contribution in [2.24, 2.45) is 5.92 Å². The number of nitrogens with zero attached hydrogens (tertiary/aromatic N) is 1. The van der Waals surface area contributed by atoms with Crippen molar-refractivity contribution in [3.8, 4) is 0 Å². The van der Waals surface area contributed by atoms with Crippen LogP contribution in [0.15, 0.2) is 18.2 Å². The molecule has 8 heteroatoms. The highest BCUT2D eigenvalue weighted by atomic mass is 35.5. The number of halogens is 4. The van der Waals surface area contributed by atoms with E-state index in [1.165, 1.54) is 6.92 Å². The Hall–Kier alpha value is -1.76. The Labute approximate surface area is 144 Å². The Morgan fingerprint density at radius 1 is 1.29 bits per heavy atom. The third-order valence-electron chi connectivity index (χ3n) is 3.21. The topological polar surface area (TPSA) is 49.4 Å². The lowest BCUT2D eigenvalue weighted by Gasteiger charge is -2.23. The van der Waals surface area contributed by atoms with Gasteiger partial charge in [0.05, 0.1) is 16.3 Å². The predicted octanol–water partition coefficient (Wildman–Crippen LogP) is 3.87. The molecule has 0 atom stereocenters. The van der Waals surface area contributed by atoms with Gasteiger partial charge in [-0.25, -0.2) is 0 Å². The minimum absolute atomic E-state index is 0.0146. The fourth-order valence-electron chi connectivity index (χ4n) is 1.96. The average molecular weight is 365 g/mol. The standard InChI is InChI=1S/C16H20ClF3N2O2/c1-10(2)9-21-15(24)6-7-22(11(3)23)14-8-12(16(18,19)20)4-5-13(14)17/h4-5,8,10H,6-7,9H2,1-3H3,(H,21,24). The third-order valence-corrected chi connectivity index (χ3v) is 3.53. The van der Waals surface area contributed by atoms with Crippen LogP contribution in [0.4, 0.5) is 18.9 Å². The second-order valence-electron chi connectivity index (χ2n) is 5.78. The summed E-state index contributed by atoms with van der Waals surface area (Å²) in [6.07, 6.45) is -4.57. The van der Waals surface area contributed by atoms with Crippen LogP contribution in [0.25, 0.3) is 0 Å². The molecular formula is C16H20ClF3N2O2. The maximum atomic E-state index is 12.8. The van der Waals surface area contributed by atoms with E-state index >= 15 is 0 Å². The van der Waals surface area contributed by atoms with Crippen molar-refractivity contribution in [1.82, 2.24) is 5.32 Å². The summed E-state index contributed by atoms with van der Waals surface area (Å²) in [5, 5.41) is 2.70. The van der Waals surface area contributed by atoms with Gasteiger partial charge in [-0.2, -0.15) is 13.2 Å². The van der Waals surface area contributed by atoms with E-state index in [1.807, 2.05) is 13.8 Å². The summed E-state index contributed by atoms with van der Waals surface area (Å²) < 4.78 is 38.5. The first-order valence-corrected chi connectivity index (χ1v) is 7.81. The maximum absolute atomic E-state index is 12.8. The molecule has 1 aromatic carbocycles. The Kier molecular flexibility index (Phi) is 7.08. The first-order valence-electron chi connectivity index (χ1n) is 7.44. The van der Waals surface area contributed by atoms with Gasteiger partial charge in [0.25, 0.3) is 0 Å². The van der Waals surface area contributed by atoms with Crippen LogP contribution in [0.2, 0.25) is 5.02 Å². The zero-order chi connectivity index (χ0) is 18.5. The first-order chi connectivity index (χ1) is 11.0. The first kappa shape index (κ1) is 20.3. The minimum atomic E-state index is -4.55. The minimum Gasteiger partial charge on any atom is -0.356 e. The van der Waals surface area contributed by atoms with E-state index < -0.39 is 17.6 Å². The molecule has 0 heterocycles. The molecule has 1 rings (SSSR count). The fraction of sp³-hybridized carbons (Fsp3) is 0.500. The van der Waals surface area contributed by atoms with Crippen LogP contribution in [-0.4, -0.2) is 24.9 Å². The van der Waals surface area contributed by atoms with Crippen LogP contribution in [0.5, 0.6) is 0 Å². The molecule has 1 aromatic rings. The van der Waals surface area contributed by atoms with E-state index in [9.17, 15) is 22.8 Å². The summed E-state index contributed by atoms with van der Waals surface area (Å²) in [5.74, 6) is -0.498. The number of anilines is 1. The van der Waals surface area contributed by atoms with Gasteiger partial charge in [0.1, 0.15) is 0 Å². The van der Waals surface area contributed by atoms with Crippen molar-refractivity contribution in [3.63, 3.8) is 0 Å². The Balaban J connectivity index is 2.93. The number of benzene rings is 1. The number of hydrogen-bond acceptors (Lipinski definition) is 2. The Morgan fingerprint density at radius 3 is 2.42 bits per heavy atom. The van der Waals surface area contributed by atoms with Crippen LogP contribution in [0.3, 0.4) is 0 Å². The normalized spacial score (nSPS) is 11.5. The lowest BCUT2D eigenvalue weighted by Crippen LogP contribution is -2.35. The van der Waals surface area contributed by atoms with Crippen molar-refractivity contribution in [3.05, 3.63) is 28.8 Å². The smallest absolute Gasteiger partial charge is 0.356 e. The van der Waals surface area contributed by atoms with Crippen LogP contribution in [0, 0.1) is 5.92 Å². The number of carbonyl (C=O) groups excluding carboxylic acids is 2. The highest BCUT2D eigenvalue weighted by Gasteiger charge is 2.32. The summed E-state index contributed by atoms with van der Waals surface area (Å²) in [6, 6.07) is 2.75. The second kappa shape index (κ2) is 8.37. The molecule has 0 saturated carbocycles. The molecular weight excluding hydrogens is 345 g/mol. The molecule has 0 aliphatic rings. The molecule has 4 nitrogen and oxygen atoms in total. The van der Waals surface area contributed by atoms with Crippen molar-refractivity contribution >= 4 is 29.1 Å². The molecule has 0 radical (unpaired) electrons. The van der Waals surface area contributed by atoms with E-state index in [2.05, 4.69) is 5.32 Å². The predicted molar refractivity (Wildman–Crippen MR) is 86.9 cm³/mol. The molecule has 0 spiro atoms. The zero-order valence-electron chi connectivity index (χ0n) is 13.7. The summed E-state index contributed by atoms with van der Waals surface area (Å²) in [4.78, 5) is 24.6. The molecule has 0 unspecified atom stereocenters. The van der Waals surface area contributed by atoms with Gasteiger partial charge in [-0.3, -0.25) is 9.59 Å². The lowest BCUT2D eigenvalue weighted by atomic mass is 10.1. The van der Waals surface area contributed by atoms with Crippen LogP contribution in [-0.2, 0) is 15.8 Å². The fourth-order valence-corrected chi connectivity index (χ4v) is 2.18. The molecule has 0 saturated heterocycles. The average Bonchev–Trinajstić information content (AvgIpc) is 2.45.